The lowest BCUT2D eigenvalue weighted by molar-refractivity contribution is 0.0793. The molecule has 2 aromatic rings. The zero-order valence-corrected chi connectivity index (χ0v) is 13.7. The lowest BCUT2D eigenvalue weighted by Crippen LogP contribution is -2.27. The average molecular weight is 318 g/mol. The molecule has 5 heteroatoms. The summed E-state index contributed by atoms with van der Waals surface area (Å²) in [5, 5.41) is 2.07. The summed E-state index contributed by atoms with van der Waals surface area (Å²) in [5.74, 6) is 1.06. The number of carbonyl (C=O) groups is 1. The fraction of sp³-hybridized carbons (Fsp3) is 0.375. The predicted octanol–water partition coefficient (Wildman–Crippen LogP) is 3.98. The number of hydrogen-bond acceptors (Lipinski definition) is 4. The first-order chi connectivity index (χ1) is 10.2. The highest BCUT2D eigenvalue weighted by molar-refractivity contribution is 8.00. The fourth-order valence-corrected chi connectivity index (χ4v) is 4.20. The van der Waals surface area contributed by atoms with Gasteiger partial charge in [0.05, 0.1) is 0 Å². The first-order valence-corrected chi connectivity index (χ1v) is 9.02. The van der Waals surface area contributed by atoms with Crippen LogP contribution >= 0.6 is 23.1 Å². The summed E-state index contributed by atoms with van der Waals surface area (Å²) in [7, 11) is 0. The Labute approximate surface area is 133 Å². The van der Waals surface area contributed by atoms with Crippen molar-refractivity contribution in [2.45, 2.75) is 29.9 Å². The van der Waals surface area contributed by atoms with Gasteiger partial charge >= 0.3 is 0 Å². The topological polar surface area (TPSA) is 33.2 Å². The monoisotopic (exact) mass is 318 g/mol. The SMILES string of the molecule is Cc1csc(SCc2ccc(C(=O)N3CCCC3)cc2)n1. The normalized spacial score (nSPS) is 14.6. The Morgan fingerprint density at radius 1 is 1.29 bits per heavy atom. The van der Waals surface area contributed by atoms with Crippen LogP contribution in [0.2, 0.25) is 0 Å². The van der Waals surface area contributed by atoms with Gasteiger partial charge in [-0.05, 0) is 37.5 Å². The highest BCUT2D eigenvalue weighted by Gasteiger charge is 2.19. The van der Waals surface area contributed by atoms with Gasteiger partial charge in [-0.3, -0.25) is 4.79 Å². The summed E-state index contributed by atoms with van der Waals surface area (Å²) in [6.45, 7) is 3.82. The van der Waals surface area contributed by atoms with E-state index in [0.29, 0.717) is 0 Å². The van der Waals surface area contributed by atoms with Crippen molar-refractivity contribution in [3.8, 4) is 0 Å². The van der Waals surface area contributed by atoms with Gasteiger partial charge in [-0.25, -0.2) is 4.98 Å². The molecule has 21 heavy (non-hydrogen) atoms. The van der Waals surface area contributed by atoms with E-state index in [9.17, 15) is 4.79 Å². The Morgan fingerprint density at radius 2 is 2.00 bits per heavy atom. The van der Waals surface area contributed by atoms with Crippen molar-refractivity contribution < 1.29 is 4.79 Å². The molecule has 1 aliphatic heterocycles. The van der Waals surface area contributed by atoms with E-state index in [-0.39, 0.29) is 5.91 Å². The Balaban J connectivity index is 1.59. The number of rotatable bonds is 4. The highest BCUT2D eigenvalue weighted by atomic mass is 32.2. The number of amides is 1. The minimum Gasteiger partial charge on any atom is -0.339 e. The van der Waals surface area contributed by atoms with E-state index in [0.717, 1.165) is 47.3 Å². The van der Waals surface area contributed by atoms with Crippen LogP contribution in [0.3, 0.4) is 0 Å². The number of likely N-dealkylation sites (tertiary alicyclic amines) is 1. The molecule has 0 saturated carbocycles. The standard InChI is InChI=1S/C16H18N2OS2/c1-12-10-20-16(17-12)21-11-13-4-6-14(7-5-13)15(19)18-8-2-3-9-18/h4-7,10H,2-3,8-9,11H2,1H3. The number of thiazole rings is 1. The van der Waals surface area contributed by atoms with E-state index >= 15 is 0 Å². The molecule has 110 valence electrons. The van der Waals surface area contributed by atoms with Gasteiger partial charge in [-0.15, -0.1) is 11.3 Å². The van der Waals surface area contributed by atoms with Crippen molar-refractivity contribution in [3.63, 3.8) is 0 Å². The summed E-state index contributed by atoms with van der Waals surface area (Å²) < 4.78 is 1.10. The third kappa shape index (κ3) is 3.66. The van der Waals surface area contributed by atoms with Crippen LogP contribution in [0.25, 0.3) is 0 Å². The Hall–Kier alpha value is -1.33. The maximum Gasteiger partial charge on any atom is 0.253 e. The van der Waals surface area contributed by atoms with Gasteiger partial charge in [-0.1, -0.05) is 23.9 Å². The molecule has 1 saturated heterocycles. The average Bonchev–Trinajstić information content (AvgIpc) is 3.16. The van der Waals surface area contributed by atoms with E-state index in [2.05, 4.69) is 22.5 Å². The van der Waals surface area contributed by atoms with Gasteiger partial charge in [0, 0.05) is 35.5 Å². The lowest BCUT2D eigenvalue weighted by atomic mass is 10.1. The molecule has 3 nitrogen and oxygen atoms in total. The van der Waals surface area contributed by atoms with Gasteiger partial charge in [-0.2, -0.15) is 0 Å². The van der Waals surface area contributed by atoms with Crippen LogP contribution in [0.5, 0.6) is 0 Å². The zero-order chi connectivity index (χ0) is 14.7. The molecule has 1 aromatic heterocycles. The largest absolute Gasteiger partial charge is 0.339 e. The summed E-state index contributed by atoms with van der Waals surface area (Å²) >= 11 is 3.43. The van der Waals surface area contributed by atoms with Crippen LogP contribution < -0.4 is 0 Å². The van der Waals surface area contributed by atoms with E-state index < -0.39 is 0 Å². The van der Waals surface area contributed by atoms with Gasteiger partial charge < -0.3 is 4.90 Å². The number of thioether (sulfide) groups is 1. The summed E-state index contributed by atoms with van der Waals surface area (Å²) in [6, 6.07) is 8.00. The van der Waals surface area contributed by atoms with Crippen LogP contribution in [0.1, 0.15) is 34.5 Å². The second kappa shape index (κ2) is 6.62. The first-order valence-electron chi connectivity index (χ1n) is 7.15. The number of nitrogens with zero attached hydrogens (tertiary/aromatic N) is 2. The molecular formula is C16H18N2OS2. The van der Waals surface area contributed by atoms with E-state index in [1.54, 1.807) is 23.1 Å². The van der Waals surface area contributed by atoms with Crippen LogP contribution in [0.15, 0.2) is 34.0 Å². The third-order valence-electron chi connectivity index (χ3n) is 3.55. The van der Waals surface area contributed by atoms with Crippen molar-refractivity contribution in [2.75, 3.05) is 13.1 Å². The smallest absolute Gasteiger partial charge is 0.253 e. The molecule has 0 bridgehead atoms. The number of aryl methyl sites for hydroxylation is 1. The molecule has 1 aromatic carbocycles. The van der Waals surface area contributed by atoms with Crippen molar-refractivity contribution in [1.82, 2.24) is 9.88 Å². The fourth-order valence-electron chi connectivity index (χ4n) is 2.39. The second-order valence-corrected chi connectivity index (χ2v) is 7.32. The lowest BCUT2D eigenvalue weighted by Gasteiger charge is -2.15. The molecule has 2 heterocycles. The molecular weight excluding hydrogens is 300 g/mol. The molecule has 1 amide bonds. The molecule has 0 N–H and O–H groups in total. The van der Waals surface area contributed by atoms with E-state index in [1.165, 1.54) is 5.56 Å². The van der Waals surface area contributed by atoms with Crippen molar-refractivity contribution in [1.29, 1.82) is 0 Å². The van der Waals surface area contributed by atoms with Gasteiger partial charge in [0.2, 0.25) is 0 Å². The molecule has 1 fully saturated rings. The van der Waals surface area contributed by atoms with Crippen LogP contribution in [0, 0.1) is 6.92 Å². The van der Waals surface area contributed by atoms with Gasteiger partial charge in [0.25, 0.3) is 5.91 Å². The number of aromatic nitrogens is 1. The van der Waals surface area contributed by atoms with E-state index in [1.807, 2.05) is 24.0 Å². The number of hydrogen-bond donors (Lipinski definition) is 0. The van der Waals surface area contributed by atoms with Crippen LogP contribution in [-0.2, 0) is 5.75 Å². The van der Waals surface area contributed by atoms with Crippen molar-refractivity contribution in [3.05, 3.63) is 46.5 Å². The van der Waals surface area contributed by atoms with Gasteiger partial charge in [0.1, 0.15) is 4.34 Å². The highest BCUT2D eigenvalue weighted by Crippen LogP contribution is 2.26. The minimum absolute atomic E-state index is 0.169. The number of carbonyl (C=O) groups excluding carboxylic acids is 1. The number of benzene rings is 1. The summed E-state index contributed by atoms with van der Waals surface area (Å²) in [5.41, 5.74) is 3.11. The Morgan fingerprint density at radius 3 is 2.62 bits per heavy atom. The van der Waals surface area contributed by atoms with Crippen molar-refractivity contribution in [2.24, 2.45) is 0 Å². The molecule has 0 atom stereocenters. The maximum absolute atomic E-state index is 12.3. The minimum atomic E-state index is 0.169. The molecule has 0 unspecified atom stereocenters. The molecule has 0 aliphatic carbocycles. The Kier molecular flexibility index (Phi) is 4.60. The zero-order valence-electron chi connectivity index (χ0n) is 12.0. The summed E-state index contributed by atoms with van der Waals surface area (Å²) in [6.07, 6.45) is 2.27. The van der Waals surface area contributed by atoms with Crippen molar-refractivity contribution >= 4 is 29.0 Å². The van der Waals surface area contributed by atoms with Crippen LogP contribution in [0.4, 0.5) is 0 Å². The Bertz CT molecular complexity index is 615. The molecule has 3 rings (SSSR count). The van der Waals surface area contributed by atoms with E-state index in [4.69, 9.17) is 0 Å². The second-order valence-electron chi connectivity index (χ2n) is 5.24. The quantitative estimate of drug-likeness (QED) is 0.800. The predicted molar refractivity (Wildman–Crippen MR) is 88.0 cm³/mol. The third-order valence-corrected chi connectivity index (χ3v) is 5.76. The van der Waals surface area contributed by atoms with Gasteiger partial charge in [0.15, 0.2) is 0 Å². The van der Waals surface area contributed by atoms with Crippen LogP contribution in [-0.4, -0.2) is 28.9 Å². The first kappa shape index (κ1) is 14.6. The summed E-state index contributed by atoms with van der Waals surface area (Å²) in [4.78, 5) is 18.6. The maximum atomic E-state index is 12.3. The molecule has 1 aliphatic rings. The molecule has 0 spiro atoms. The molecule has 0 radical (unpaired) electrons.